The lowest BCUT2D eigenvalue weighted by Crippen LogP contribution is -2.42. The smallest absolute Gasteiger partial charge is 0.305 e. The number of hydrogen-bond acceptors (Lipinski definition) is 5. The van der Waals surface area contributed by atoms with Gasteiger partial charge in [-0.1, -0.05) is 42.5 Å². The van der Waals surface area contributed by atoms with Crippen molar-refractivity contribution >= 4 is 56.8 Å². The SMILES string of the molecule is O=C(Cc1c[nH]c2ccccc12)NNC(=O)c1oc2ccccc2c1CSc1cccs1. The quantitative estimate of drug-likeness (QED) is 0.237. The van der Waals surface area contributed by atoms with Crippen molar-refractivity contribution in [2.45, 2.75) is 16.4 Å². The van der Waals surface area contributed by atoms with E-state index in [4.69, 9.17) is 4.42 Å². The maximum atomic E-state index is 12.9. The third kappa shape index (κ3) is 4.15. The first kappa shape index (κ1) is 20.4. The lowest BCUT2D eigenvalue weighted by atomic mass is 10.1. The van der Waals surface area contributed by atoms with Gasteiger partial charge in [-0.25, -0.2) is 0 Å². The Bertz CT molecular complexity index is 1400. The number of aromatic amines is 1. The van der Waals surface area contributed by atoms with Crippen molar-refractivity contribution in [3.05, 3.63) is 89.1 Å². The number of fused-ring (bicyclic) bond motifs is 2. The minimum absolute atomic E-state index is 0.144. The van der Waals surface area contributed by atoms with Crippen LogP contribution < -0.4 is 10.9 Å². The second kappa shape index (κ2) is 8.94. The lowest BCUT2D eigenvalue weighted by molar-refractivity contribution is -0.121. The molecular weight excluding hydrogens is 442 g/mol. The van der Waals surface area contributed by atoms with E-state index in [1.54, 1.807) is 23.1 Å². The normalized spacial score (nSPS) is 11.1. The van der Waals surface area contributed by atoms with Crippen molar-refractivity contribution in [2.24, 2.45) is 0 Å². The standard InChI is InChI=1S/C24H19N3O3S2/c28-21(12-15-13-25-19-8-3-1-6-16(15)19)26-27-24(29)23-18(14-32-22-10-5-11-31-22)17-7-2-4-9-20(17)30-23/h1-11,13,25H,12,14H2,(H,26,28)(H,27,29). The van der Waals surface area contributed by atoms with Crippen molar-refractivity contribution in [3.63, 3.8) is 0 Å². The first-order chi connectivity index (χ1) is 15.7. The van der Waals surface area contributed by atoms with Gasteiger partial charge in [-0.3, -0.25) is 20.4 Å². The molecule has 0 bridgehead atoms. The molecule has 0 saturated heterocycles. The number of carbonyl (C=O) groups excluding carboxylic acids is 2. The Morgan fingerprint density at radius 3 is 2.62 bits per heavy atom. The average molecular weight is 462 g/mol. The number of carbonyl (C=O) groups is 2. The predicted molar refractivity (Wildman–Crippen MR) is 128 cm³/mol. The molecule has 0 radical (unpaired) electrons. The van der Waals surface area contributed by atoms with E-state index >= 15 is 0 Å². The molecule has 6 nitrogen and oxygen atoms in total. The summed E-state index contributed by atoms with van der Waals surface area (Å²) in [7, 11) is 0. The first-order valence-electron chi connectivity index (χ1n) is 10.00. The van der Waals surface area contributed by atoms with E-state index in [2.05, 4.69) is 15.8 Å². The molecule has 32 heavy (non-hydrogen) atoms. The molecule has 3 N–H and O–H groups in total. The Hall–Kier alpha value is -3.49. The zero-order valence-corrected chi connectivity index (χ0v) is 18.5. The third-order valence-electron chi connectivity index (χ3n) is 5.10. The van der Waals surface area contributed by atoms with Crippen LogP contribution in [0.15, 0.2) is 80.9 Å². The van der Waals surface area contributed by atoms with Crippen LogP contribution in [-0.2, 0) is 17.0 Å². The molecule has 0 aliphatic heterocycles. The summed E-state index contributed by atoms with van der Waals surface area (Å²) in [5, 5.41) is 3.90. The number of H-pyrrole nitrogens is 1. The zero-order chi connectivity index (χ0) is 21.9. The summed E-state index contributed by atoms with van der Waals surface area (Å²) in [6.45, 7) is 0. The minimum Gasteiger partial charge on any atom is -0.451 e. The number of para-hydroxylation sites is 2. The van der Waals surface area contributed by atoms with Crippen LogP contribution in [0.1, 0.15) is 21.7 Å². The molecule has 2 aromatic carbocycles. The van der Waals surface area contributed by atoms with Gasteiger partial charge in [0.2, 0.25) is 5.91 Å². The topological polar surface area (TPSA) is 87.1 Å². The molecule has 160 valence electrons. The van der Waals surface area contributed by atoms with Gasteiger partial charge in [0.05, 0.1) is 10.6 Å². The van der Waals surface area contributed by atoms with E-state index in [0.717, 1.165) is 31.6 Å². The second-order valence-electron chi connectivity index (χ2n) is 7.17. The summed E-state index contributed by atoms with van der Waals surface area (Å²) in [6.07, 6.45) is 1.96. The minimum atomic E-state index is -0.477. The highest BCUT2D eigenvalue weighted by atomic mass is 32.2. The molecule has 2 amide bonds. The Morgan fingerprint density at radius 1 is 0.969 bits per heavy atom. The number of rotatable bonds is 6. The third-order valence-corrected chi connectivity index (χ3v) is 7.26. The van der Waals surface area contributed by atoms with Gasteiger partial charge in [0.1, 0.15) is 5.58 Å². The molecule has 0 unspecified atom stereocenters. The van der Waals surface area contributed by atoms with Crippen molar-refractivity contribution < 1.29 is 14.0 Å². The van der Waals surface area contributed by atoms with Crippen LogP contribution in [0.3, 0.4) is 0 Å². The molecular formula is C24H19N3O3S2. The number of aromatic nitrogens is 1. The van der Waals surface area contributed by atoms with Gasteiger partial charge in [0.25, 0.3) is 0 Å². The molecule has 0 aliphatic rings. The number of amides is 2. The van der Waals surface area contributed by atoms with Crippen molar-refractivity contribution in [1.82, 2.24) is 15.8 Å². The van der Waals surface area contributed by atoms with Crippen molar-refractivity contribution in [2.75, 3.05) is 0 Å². The molecule has 3 heterocycles. The van der Waals surface area contributed by atoms with Crippen molar-refractivity contribution in [1.29, 1.82) is 0 Å². The average Bonchev–Trinajstić information content (AvgIpc) is 3.55. The Balaban J connectivity index is 1.30. The predicted octanol–water partition coefficient (Wildman–Crippen LogP) is 5.27. The van der Waals surface area contributed by atoms with Gasteiger partial charge in [-0.2, -0.15) is 0 Å². The van der Waals surface area contributed by atoms with Gasteiger partial charge >= 0.3 is 5.91 Å². The van der Waals surface area contributed by atoms with Crippen LogP contribution in [0.25, 0.3) is 21.9 Å². The Kier molecular flexibility index (Phi) is 5.70. The first-order valence-corrected chi connectivity index (χ1v) is 11.9. The van der Waals surface area contributed by atoms with E-state index in [-0.39, 0.29) is 18.1 Å². The highest BCUT2D eigenvalue weighted by Gasteiger charge is 2.21. The monoisotopic (exact) mass is 461 g/mol. The molecule has 0 spiro atoms. The molecule has 0 fully saturated rings. The van der Waals surface area contributed by atoms with Crippen LogP contribution in [0.4, 0.5) is 0 Å². The van der Waals surface area contributed by atoms with E-state index in [9.17, 15) is 9.59 Å². The summed E-state index contributed by atoms with van der Waals surface area (Å²) < 4.78 is 7.01. The highest BCUT2D eigenvalue weighted by molar-refractivity contribution is 8.00. The van der Waals surface area contributed by atoms with Crippen LogP contribution in [0, 0.1) is 0 Å². The van der Waals surface area contributed by atoms with E-state index in [0.29, 0.717) is 11.3 Å². The van der Waals surface area contributed by atoms with Crippen LogP contribution in [-0.4, -0.2) is 16.8 Å². The fourth-order valence-electron chi connectivity index (χ4n) is 3.59. The Labute approximate surface area is 192 Å². The number of hydrogen-bond donors (Lipinski definition) is 3. The van der Waals surface area contributed by atoms with Gasteiger partial charge in [-0.15, -0.1) is 23.1 Å². The van der Waals surface area contributed by atoms with Gasteiger partial charge in [0, 0.05) is 33.8 Å². The van der Waals surface area contributed by atoms with Gasteiger partial charge in [-0.05, 0) is 29.1 Å². The molecule has 8 heteroatoms. The zero-order valence-electron chi connectivity index (χ0n) is 16.9. The summed E-state index contributed by atoms with van der Waals surface area (Å²) in [5.74, 6) is 0.00968. The summed E-state index contributed by atoms with van der Waals surface area (Å²) in [6, 6.07) is 19.4. The fraction of sp³-hybridized carbons (Fsp3) is 0.0833. The summed E-state index contributed by atoms with van der Waals surface area (Å²) in [5.41, 5.74) is 8.30. The van der Waals surface area contributed by atoms with E-state index in [1.165, 1.54) is 0 Å². The van der Waals surface area contributed by atoms with Gasteiger partial charge < -0.3 is 9.40 Å². The van der Waals surface area contributed by atoms with Crippen LogP contribution in [0.2, 0.25) is 0 Å². The number of thiophene rings is 1. The highest BCUT2D eigenvalue weighted by Crippen LogP contribution is 2.33. The number of nitrogens with one attached hydrogen (secondary N) is 3. The van der Waals surface area contributed by atoms with Crippen LogP contribution >= 0.6 is 23.1 Å². The lowest BCUT2D eigenvalue weighted by Gasteiger charge is -2.07. The number of benzene rings is 2. The molecule has 0 saturated carbocycles. The van der Waals surface area contributed by atoms with E-state index < -0.39 is 5.91 Å². The molecule has 0 aliphatic carbocycles. The largest absolute Gasteiger partial charge is 0.451 e. The van der Waals surface area contributed by atoms with Crippen LogP contribution in [0.5, 0.6) is 0 Å². The second-order valence-corrected chi connectivity index (χ2v) is 9.39. The Morgan fingerprint density at radius 2 is 1.78 bits per heavy atom. The maximum absolute atomic E-state index is 12.9. The summed E-state index contributed by atoms with van der Waals surface area (Å²) in [4.78, 5) is 28.5. The number of furan rings is 1. The molecule has 3 aromatic heterocycles. The summed E-state index contributed by atoms with van der Waals surface area (Å²) >= 11 is 3.30. The van der Waals surface area contributed by atoms with Crippen molar-refractivity contribution in [3.8, 4) is 0 Å². The number of hydrazine groups is 1. The maximum Gasteiger partial charge on any atom is 0.305 e. The van der Waals surface area contributed by atoms with Gasteiger partial charge in [0.15, 0.2) is 5.76 Å². The molecule has 5 rings (SSSR count). The fourth-order valence-corrected chi connectivity index (χ4v) is 5.40. The molecule has 5 aromatic rings. The molecule has 0 atom stereocenters. The number of thioether (sulfide) groups is 1. The van der Waals surface area contributed by atoms with E-state index in [1.807, 2.05) is 72.2 Å².